The number of thiazole rings is 1. The molecule has 2 rings (SSSR count). The molecule has 0 aliphatic rings. The Bertz CT molecular complexity index is 507. The maximum atomic E-state index is 4.48. The summed E-state index contributed by atoms with van der Waals surface area (Å²) in [4.78, 5) is 10.0. The van der Waals surface area contributed by atoms with E-state index in [1.165, 1.54) is 9.88 Å². The molecule has 0 fully saturated rings. The Hall–Kier alpha value is -1.20. The Morgan fingerprint density at radius 2 is 2.06 bits per heavy atom. The van der Waals surface area contributed by atoms with Gasteiger partial charge in [0.15, 0.2) is 0 Å². The van der Waals surface area contributed by atoms with Gasteiger partial charge in [-0.05, 0) is 0 Å². The SMILES string of the molecule is Cn1ccnc1CNCc1cnc(C(C)(C)C)s1. The molecule has 0 saturated carbocycles. The van der Waals surface area contributed by atoms with Crippen LogP contribution in [0.2, 0.25) is 0 Å². The first-order valence-corrected chi connectivity index (χ1v) is 6.90. The first kappa shape index (κ1) is 13.2. The number of aromatic nitrogens is 3. The fourth-order valence-electron chi connectivity index (χ4n) is 1.60. The van der Waals surface area contributed by atoms with Gasteiger partial charge >= 0.3 is 0 Å². The molecule has 0 amide bonds. The van der Waals surface area contributed by atoms with E-state index in [4.69, 9.17) is 0 Å². The third kappa shape index (κ3) is 3.17. The van der Waals surface area contributed by atoms with E-state index in [2.05, 4.69) is 36.1 Å². The molecular formula is C13H20N4S. The lowest BCUT2D eigenvalue weighted by Gasteiger charge is -2.13. The number of aryl methyl sites for hydroxylation is 1. The van der Waals surface area contributed by atoms with E-state index in [9.17, 15) is 0 Å². The molecule has 2 aromatic rings. The highest BCUT2D eigenvalue weighted by Crippen LogP contribution is 2.26. The van der Waals surface area contributed by atoms with Crippen LogP contribution in [0.5, 0.6) is 0 Å². The zero-order valence-electron chi connectivity index (χ0n) is 11.4. The summed E-state index contributed by atoms with van der Waals surface area (Å²) in [5.74, 6) is 1.05. The van der Waals surface area contributed by atoms with E-state index >= 15 is 0 Å². The third-order valence-corrected chi connectivity index (χ3v) is 4.12. The summed E-state index contributed by atoms with van der Waals surface area (Å²) in [7, 11) is 2.01. The van der Waals surface area contributed by atoms with Crippen molar-refractivity contribution in [3.8, 4) is 0 Å². The van der Waals surface area contributed by atoms with Gasteiger partial charge in [-0.3, -0.25) is 0 Å². The minimum absolute atomic E-state index is 0.141. The number of nitrogens with zero attached hydrogens (tertiary/aromatic N) is 3. The monoisotopic (exact) mass is 264 g/mol. The fourth-order valence-corrected chi connectivity index (χ4v) is 2.54. The van der Waals surface area contributed by atoms with E-state index in [1.807, 2.05) is 30.2 Å². The van der Waals surface area contributed by atoms with Crippen molar-refractivity contribution in [2.24, 2.45) is 7.05 Å². The van der Waals surface area contributed by atoms with Crippen LogP contribution in [-0.4, -0.2) is 14.5 Å². The molecule has 0 unspecified atom stereocenters. The summed E-state index contributed by atoms with van der Waals surface area (Å²) in [6.45, 7) is 8.21. The van der Waals surface area contributed by atoms with Crippen LogP contribution in [0.4, 0.5) is 0 Å². The first-order chi connectivity index (χ1) is 8.47. The molecule has 0 aliphatic heterocycles. The normalized spacial score (nSPS) is 12.0. The lowest BCUT2D eigenvalue weighted by Crippen LogP contribution is -2.15. The van der Waals surface area contributed by atoms with Crippen LogP contribution in [-0.2, 0) is 25.6 Å². The molecule has 0 atom stereocenters. The molecule has 18 heavy (non-hydrogen) atoms. The van der Waals surface area contributed by atoms with E-state index in [-0.39, 0.29) is 5.41 Å². The summed E-state index contributed by atoms with van der Waals surface area (Å²) in [6, 6.07) is 0. The molecule has 4 nitrogen and oxygen atoms in total. The van der Waals surface area contributed by atoms with Gasteiger partial charge in [-0.25, -0.2) is 9.97 Å². The summed E-state index contributed by atoms with van der Waals surface area (Å²) in [5, 5.41) is 4.59. The number of imidazole rings is 1. The van der Waals surface area contributed by atoms with Gasteiger partial charge in [0.25, 0.3) is 0 Å². The standard InChI is InChI=1S/C13H20N4S/c1-13(2,3)12-16-8-10(18-12)7-14-9-11-15-5-6-17(11)4/h5-6,8,14H,7,9H2,1-4H3. The number of rotatable bonds is 4. The van der Waals surface area contributed by atoms with Gasteiger partial charge in [0.05, 0.1) is 11.6 Å². The third-order valence-electron chi connectivity index (χ3n) is 2.70. The van der Waals surface area contributed by atoms with Crippen LogP contribution < -0.4 is 5.32 Å². The van der Waals surface area contributed by atoms with Crippen LogP contribution in [0.3, 0.4) is 0 Å². The van der Waals surface area contributed by atoms with Crippen molar-refractivity contribution in [1.29, 1.82) is 0 Å². The van der Waals surface area contributed by atoms with Gasteiger partial charge in [-0.2, -0.15) is 0 Å². The lowest BCUT2D eigenvalue weighted by atomic mass is 9.98. The lowest BCUT2D eigenvalue weighted by molar-refractivity contribution is 0.585. The molecule has 0 bridgehead atoms. The van der Waals surface area contributed by atoms with Crippen molar-refractivity contribution in [3.05, 3.63) is 34.3 Å². The average Bonchev–Trinajstić information content (AvgIpc) is 2.88. The van der Waals surface area contributed by atoms with E-state index in [0.29, 0.717) is 0 Å². The van der Waals surface area contributed by atoms with Crippen LogP contribution in [0.25, 0.3) is 0 Å². The molecular weight excluding hydrogens is 244 g/mol. The Kier molecular flexibility index (Phi) is 3.82. The molecule has 98 valence electrons. The Labute approximate surface area is 112 Å². The van der Waals surface area contributed by atoms with Crippen molar-refractivity contribution < 1.29 is 0 Å². The van der Waals surface area contributed by atoms with Crippen LogP contribution in [0, 0.1) is 0 Å². The molecule has 0 radical (unpaired) electrons. The predicted molar refractivity (Wildman–Crippen MR) is 74.6 cm³/mol. The van der Waals surface area contributed by atoms with Crippen molar-refractivity contribution in [2.75, 3.05) is 0 Å². The second kappa shape index (κ2) is 5.20. The molecule has 5 heteroatoms. The Morgan fingerprint density at radius 3 is 2.61 bits per heavy atom. The van der Waals surface area contributed by atoms with Gasteiger partial charge in [-0.15, -0.1) is 11.3 Å². The first-order valence-electron chi connectivity index (χ1n) is 6.09. The Morgan fingerprint density at radius 1 is 1.28 bits per heavy atom. The van der Waals surface area contributed by atoms with Crippen molar-refractivity contribution >= 4 is 11.3 Å². The van der Waals surface area contributed by atoms with Gasteiger partial charge in [0.1, 0.15) is 5.82 Å². The molecule has 0 aromatic carbocycles. The quantitative estimate of drug-likeness (QED) is 0.922. The molecule has 1 N–H and O–H groups in total. The summed E-state index contributed by atoms with van der Waals surface area (Å²) in [6.07, 6.45) is 5.75. The average molecular weight is 264 g/mol. The Balaban J connectivity index is 1.88. The number of hydrogen-bond acceptors (Lipinski definition) is 4. The zero-order chi connectivity index (χ0) is 13.2. The molecule has 2 aromatic heterocycles. The van der Waals surface area contributed by atoms with Crippen LogP contribution in [0.15, 0.2) is 18.6 Å². The maximum absolute atomic E-state index is 4.48. The number of nitrogens with one attached hydrogen (secondary N) is 1. The second-order valence-electron chi connectivity index (χ2n) is 5.44. The van der Waals surface area contributed by atoms with Gasteiger partial charge < -0.3 is 9.88 Å². The summed E-state index contributed by atoms with van der Waals surface area (Å²) in [5.41, 5.74) is 0.141. The molecule has 0 spiro atoms. The molecule has 0 saturated heterocycles. The molecule has 2 heterocycles. The van der Waals surface area contributed by atoms with Crippen LogP contribution >= 0.6 is 11.3 Å². The van der Waals surface area contributed by atoms with Gasteiger partial charge in [0.2, 0.25) is 0 Å². The highest BCUT2D eigenvalue weighted by molar-refractivity contribution is 7.11. The maximum Gasteiger partial charge on any atom is 0.122 e. The molecule has 0 aliphatic carbocycles. The fraction of sp³-hybridized carbons (Fsp3) is 0.538. The minimum Gasteiger partial charge on any atom is -0.337 e. The van der Waals surface area contributed by atoms with Crippen molar-refractivity contribution in [3.63, 3.8) is 0 Å². The number of hydrogen-bond donors (Lipinski definition) is 1. The smallest absolute Gasteiger partial charge is 0.122 e. The van der Waals surface area contributed by atoms with Gasteiger partial charge in [-0.1, -0.05) is 20.8 Å². The van der Waals surface area contributed by atoms with Crippen LogP contribution in [0.1, 0.15) is 36.5 Å². The highest BCUT2D eigenvalue weighted by Gasteiger charge is 2.17. The van der Waals surface area contributed by atoms with Gasteiger partial charge in [0, 0.05) is 42.5 Å². The summed E-state index contributed by atoms with van der Waals surface area (Å²) >= 11 is 1.78. The topological polar surface area (TPSA) is 42.7 Å². The van der Waals surface area contributed by atoms with E-state index in [0.717, 1.165) is 18.9 Å². The predicted octanol–water partition coefficient (Wildman–Crippen LogP) is 2.46. The largest absolute Gasteiger partial charge is 0.337 e. The highest BCUT2D eigenvalue weighted by atomic mass is 32.1. The van der Waals surface area contributed by atoms with E-state index < -0.39 is 0 Å². The summed E-state index contributed by atoms with van der Waals surface area (Å²) < 4.78 is 2.03. The minimum atomic E-state index is 0.141. The zero-order valence-corrected chi connectivity index (χ0v) is 12.2. The van der Waals surface area contributed by atoms with Crippen molar-refractivity contribution in [2.45, 2.75) is 39.3 Å². The van der Waals surface area contributed by atoms with E-state index in [1.54, 1.807) is 11.3 Å². The second-order valence-corrected chi connectivity index (χ2v) is 6.55. The van der Waals surface area contributed by atoms with Crippen molar-refractivity contribution in [1.82, 2.24) is 19.9 Å².